The molecule has 0 saturated carbocycles. The Morgan fingerprint density at radius 3 is 2.71 bits per heavy atom. The lowest BCUT2D eigenvalue weighted by molar-refractivity contribution is -0.119. The van der Waals surface area contributed by atoms with Gasteiger partial charge < -0.3 is 15.0 Å². The van der Waals surface area contributed by atoms with Gasteiger partial charge in [-0.2, -0.15) is 5.26 Å². The maximum Gasteiger partial charge on any atom is 0.230 e. The molecule has 3 aliphatic rings. The van der Waals surface area contributed by atoms with Crippen LogP contribution in [0.3, 0.4) is 0 Å². The molecule has 1 unspecified atom stereocenters. The Hall–Kier alpha value is -1.78. The van der Waals surface area contributed by atoms with E-state index in [1.54, 1.807) is 0 Å². The zero-order valence-electron chi connectivity index (χ0n) is 16.3. The van der Waals surface area contributed by atoms with Crippen LogP contribution in [0.5, 0.6) is 0 Å². The number of fused-ring (bicyclic) bond motifs is 1. The molecule has 7 heteroatoms. The standard InChI is InChI=1S/C21H28N4O2S/c22-12-18-16-7-1-2-8-17(16)20(25-9-3-4-10-25)24-21(18)28-14-19(26)23-13-15-6-5-11-27-15/h15H,1-11,13-14H2,(H,23,26). The zero-order chi connectivity index (χ0) is 19.3. The summed E-state index contributed by atoms with van der Waals surface area (Å²) >= 11 is 1.39. The second kappa shape index (κ2) is 9.15. The Balaban J connectivity index is 1.49. The van der Waals surface area contributed by atoms with Crippen LogP contribution in [0.4, 0.5) is 5.82 Å². The highest BCUT2D eigenvalue weighted by Gasteiger charge is 2.26. The fourth-order valence-corrected chi connectivity index (χ4v) is 5.24. The lowest BCUT2D eigenvalue weighted by atomic mass is 9.89. The summed E-state index contributed by atoms with van der Waals surface area (Å²) in [7, 11) is 0. The number of nitriles is 1. The summed E-state index contributed by atoms with van der Waals surface area (Å²) in [5.41, 5.74) is 3.14. The fraction of sp³-hybridized carbons (Fsp3) is 0.667. The molecule has 4 rings (SSSR count). The summed E-state index contributed by atoms with van der Waals surface area (Å²) in [6.45, 7) is 3.44. The van der Waals surface area contributed by atoms with Crippen molar-refractivity contribution in [3.05, 3.63) is 16.7 Å². The number of carbonyl (C=O) groups excluding carboxylic acids is 1. The first-order chi connectivity index (χ1) is 13.8. The summed E-state index contributed by atoms with van der Waals surface area (Å²) in [6.07, 6.45) is 8.87. The highest BCUT2D eigenvalue weighted by Crippen LogP contribution is 2.37. The van der Waals surface area contributed by atoms with Crippen molar-refractivity contribution < 1.29 is 9.53 Å². The van der Waals surface area contributed by atoms with E-state index in [1.165, 1.54) is 42.2 Å². The molecule has 0 bridgehead atoms. The van der Waals surface area contributed by atoms with E-state index < -0.39 is 0 Å². The van der Waals surface area contributed by atoms with Gasteiger partial charge >= 0.3 is 0 Å². The van der Waals surface area contributed by atoms with Crippen molar-refractivity contribution >= 4 is 23.5 Å². The first kappa shape index (κ1) is 19.5. The highest BCUT2D eigenvalue weighted by atomic mass is 32.2. The maximum absolute atomic E-state index is 12.3. The molecule has 0 spiro atoms. The van der Waals surface area contributed by atoms with Crippen LogP contribution in [0, 0.1) is 11.3 Å². The Morgan fingerprint density at radius 2 is 2.00 bits per heavy atom. The van der Waals surface area contributed by atoms with Crippen molar-refractivity contribution in [2.45, 2.75) is 62.5 Å². The molecule has 2 saturated heterocycles. The van der Waals surface area contributed by atoms with Gasteiger partial charge in [-0.25, -0.2) is 4.98 Å². The van der Waals surface area contributed by atoms with Crippen LogP contribution in [0.2, 0.25) is 0 Å². The predicted molar refractivity (Wildman–Crippen MR) is 110 cm³/mol. The number of ether oxygens (including phenoxy) is 1. The summed E-state index contributed by atoms with van der Waals surface area (Å²) < 4.78 is 5.56. The molecule has 1 aromatic rings. The monoisotopic (exact) mass is 400 g/mol. The molecule has 3 heterocycles. The lowest BCUT2D eigenvalue weighted by Gasteiger charge is -2.27. The lowest BCUT2D eigenvalue weighted by Crippen LogP contribution is -2.33. The molecule has 6 nitrogen and oxygen atoms in total. The minimum atomic E-state index is -0.0216. The first-order valence-corrected chi connectivity index (χ1v) is 11.5. The number of nitrogens with zero attached hydrogens (tertiary/aromatic N) is 3. The Kier molecular flexibility index (Phi) is 6.38. The summed E-state index contributed by atoms with van der Waals surface area (Å²) in [5.74, 6) is 1.33. The average Bonchev–Trinajstić information content (AvgIpc) is 3.44. The Labute approximate surface area is 171 Å². The third-order valence-corrected chi connectivity index (χ3v) is 6.84. The largest absolute Gasteiger partial charge is 0.376 e. The molecule has 1 aromatic heterocycles. The van der Waals surface area contributed by atoms with Gasteiger partial charge in [-0.1, -0.05) is 11.8 Å². The number of carbonyl (C=O) groups is 1. The van der Waals surface area contributed by atoms with Gasteiger partial charge in [0.05, 0.1) is 17.4 Å². The van der Waals surface area contributed by atoms with Crippen molar-refractivity contribution in [1.82, 2.24) is 10.3 Å². The number of nitrogens with one attached hydrogen (secondary N) is 1. The van der Waals surface area contributed by atoms with Crippen molar-refractivity contribution in [3.63, 3.8) is 0 Å². The number of pyridine rings is 1. The molecule has 1 amide bonds. The smallest absolute Gasteiger partial charge is 0.230 e. The second-order valence-electron chi connectivity index (χ2n) is 7.81. The van der Waals surface area contributed by atoms with E-state index >= 15 is 0 Å². The SMILES string of the molecule is N#Cc1c(SCC(=O)NCC2CCCO2)nc(N2CCCC2)c2c1CCCC2. The van der Waals surface area contributed by atoms with Gasteiger partial charge in [-0.3, -0.25) is 4.79 Å². The fourth-order valence-electron chi connectivity index (χ4n) is 4.40. The normalized spacial score (nSPS) is 21.4. The summed E-state index contributed by atoms with van der Waals surface area (Å²) in [4.78, 5) is 19.6. The third kappa shape index (κ3) is 4.28. The zero-order valence-corrected chi connectivity index (χ0v) is 17.2. The van der Waals surface area contributed by atoms with Crippen LogP contribution in [0.1, 0.15) is 55.2 Å². The molecule has 28 heavy (non-hydrogen) atoms. The van der Waals surface area contributed by atoms with Gasteiger partial charge in [-0.05, 0) is 62.5 Å². The predicted octanol–water partition coefficient (Wildman–Crippen LogP) is 2.82. The molecular weight excluding hydrogens is 372 g/mol. The third-order valence-electron chi connectivity index (χ3n) is 5.87. The number of hydrogen-bond donors (Lipinski definition) is 1. The van der Waals surface area contributed by atoms with Gasteiger partial charge in [0.15, 0.2) is 0 Å². The van der Waals surface area contributed by atoms with Gasteiger partial charge in [0.1, 0.15) is 16.9 Å². The topological polar surface area (TPSA) is 78.2 Å². The molecular formula is C21H28N4O2S. The minimum Gasteiger partial charge on any atom is -0.376 e. The molecule has 2 fully saturated rings. The van der Waals surface area contributed by atoms with Crippen molar-refractivity contribution in [1.29, 1.82) is 5.26 Å². The number of amides is 1. The van der Waals surface area contributed by atoms with Gasteiger partial charge in [0.2, 0.25) is 5.91 Å². The van der Waals surface area contributed by atoms with E-state index in [1.807, 2.05) is 0 Å². The van der Waals surface area contributed by atoms with Crippen molar-refractivity contribution in [2.75, 3.05) is 36.9 Å². The Morgan fingerprint density at radius 1 is 1.21 bits per heavy atom. The van der Waals surface area contributed by atoms with Crippen LogP contribution in [-0.4, -0.2) is 49.0 Å². The van der Waals surface area contributed by atoms with E-state index in [4.69, 9.17) is 9.72 Å². The number of hydrogen-bond acceptors (Lipinski definition) is 6. The Bertz CT molecular complexity index is 765. The maximum atomic E-state index is 12.3. The highest BCUT2D eigenvalue weighted by molar-refractivity contribution is 8.00. The molecule has 0 radical (unpaired) electrons. The molecule has 150 valence electrons. The van der Waals surface area contributed by atoms with Crippen LogP contribution in [0.25, 0.3) is 0 Å². The first-order valence-electron chi connectivity index (χ1n) is 10.5. The van der Waals surface area contributed by atoms with E-state index in [9.17, 15) is 10.1 Å². The number of anilines is 1. The number of rotatable bonds is 6. The van der Waals surface area contributed by atoms with Crippen molar-refractivity contribution in [2.24, 2.45) is 0 Å². The molecule has 1 N–H and O–H groups in total. The van der Waals surface area contributed by atoms with Crippen LogP contribution < -0.4 is 10.2 Å². The van der Waals surface area contributed by atoms with E-state index in [-0.39, 0.29) is 17.8 Å². The van der Waals surface area contributed by atoms with Crippen molar-refractivity contribution in [3.8, 4) is 6.07 Å². The minimum absolute atomic E-state index is 0.0216. The molecule has 1 aliphatic carbocycles. The number of aromatic nitrogens is 1. The van der Waals surface area contributed by atoms with Gasteiger partial charge in [0.25, 0.3) is 0 Å². The van der Waals surface area contributed by atoms with Crippen LogP contribution in [-0.2, 0) is 22.4 Å². The quantitative estimate of drug-likeness (QED) is 0.740. The summed E-state index contributed by atoms with van der Waals surface area (Å²) in [5, 5.41) is 13.5. The molecule has 1 atom stereocenters. The average molecular weight is 401 g/mol. The van der Waals surface area contributed by atoms with E-state index in [0.717, 1.165) is 62.6 Å². The van der Waals surface area contributed by atoms with E-state index in [2.05, 4.69) is 16.3 Å². The molecule has 0 aromatic carbocycles. The van der Waals surface area contributed by atoms with Gasteiger partial charge in [-0.15, -0.1) is 0 Å². The van der Waals surface area contributed by atoms with Gasteiger partial charge in [0, 0.05) is 26.2 Å². The molecule has 2 aliphatic heterocycles. The van der Waals surface area contributed by atoms with E-state index in [0.29, 0.717) is 12.1 Å². The van der Waals surface area contributed by atoms with Crippen LogP contribution in [0.15, 0.2) is 5.03 Å². The second-order valence-corrected chi connectivity index (χ2v) is 8.78. The van der Waals surface area contributed by atoms with Crippen LogP contribution >= 0.6 is 11.8 Å². The summed E-state index contributed by atoms with van der Waals surface area (Å²) in [6, 6.07) is 2.39. The number of thioether (sulfide) groups is 1.